The Morgan fingerprint density at radius 2 is 1.14 bits per heavy atom. The minimum absolute atomic E-state index is 0. The van der Waals surface area contributed by atoms with E-state index in [1.807, 2.05) is 30.5 Å². The van der Waals surface area contributed by atoms with Gasteiger partial charge in [0, 0.05) is 73.7 Å². The summed E-state index contributed by atoms with van der Waals surface area (Å²) in [5.74, 6) is 1.98. The van der Waals surface area contributed by atoms with Crippen molar-refractivity contribution in [3.8, 4) is 22.3 Å². The number of nitrogens with zero attached hydrogens (tertiary/aromatic N) is 3. The van der Waals surface area contributed by atoms with Gasteiger partial charge in [-0.2, -0.15) is 4.57 Å². The number of halogens is 1. The first-order valence-corrected chi connectivity index (χ1v) is 29.4. The molecule has 1 N–H and O–H groups in total. The number of aryl methyl sites for hydroxylation is 2. The molecule has 9 aromatic rings. The molecule has 408 valence electrons. The number of ketones is 1. The quantitative estimate of drug-likeness (QED) is 0.178. The monoisotopic (exact) mass is 1130 g/mol. The molecule has 0 bridgehead atoms. The summed E-state index contributed by atoms with van der Waals surface area (Å²) in [6, 6.07) is 70.5. The Morgan fingerprint density at radius 3 is 1.84 bits per heavy atom. The summed E-state index contributed by atoms with van der Waals surface area (Å²) >= 11 is 0. The zero-order chi connectivity index (χ0) is 54.5. The Balaban J connectivity index is 0.000000109. The Labute approximate surface area is 491 Å². The first kappa shape index (κ1) is 55.6. The average molecular weight is 1130 g/mol. The smallest absolute Gasteiger partial charge is 0.194 e. The summed E-state index contributed by atoms with van der Waals surface area (Å²) in [5.41, 5.74) is 28.4. The van der Waals surface area contributed by atoms with E-state index in [4.69, 9.17) is 0 Å². The number of hydrogen-bond donors (Lipinski definition) is 1. The maximum atomic E-state index is 10.9. The van der Waals surface area contributed by atoms with Gasteiger partial charge in [-0.1, -0.05) is 194 Å². The predicted octanol–water partition coefficient (Wildman–Crippen LogP) is 11.8. The molecule has 2 aliphatic heterocycles. The van der Waals surface area contributed by atoms with Crippen LogP contribution in [0.2, 0.25) is 0 Å². The minimum atomic E-state index is 0. The Hall–Kier alpha value is -7.35. The molecule has 0 radical (unpaired) electrons. The second-order valence-corrected chi connectivity index (χ2v) is 23.2. The highest BCUT2D eigenvalue weighted by atomic mass is 79.9. The van der Waals surface area contributed by atoms with E-state index in [0.717, 1.165) is 43.8 Å². The summed E-state index contributed by atoms with van der Waals surface area (Å²) in [4.78, 5) is 18.0. The maximum Gasteiger partial charge on any atom is 0.194 e. The van der Waals surface area contributed by atoms with Crippen molar-refractivity contribution < 1.29 is 26.3 Å². The van der Waals surface area contributed by atoms with Gasteiger partial charge in [0.25, 0.3) is 0 Å². The van der Waals surface area contributed by atoms with Crippen LogP contribution in [0.15, 0.2) is 212 Å². The molecule has 1 fully saturated rings. The SMILES string of the molecule is CC1=C2c3ccccc3CC2N(Cc2ccccc2)CC1.C[C@H]1CCN[C@H]2Cc3ccccc3C21.Cc1cc[n+](Cc2ccccc2)c2c1-c1ccccc1C2.Cc1ccnc2c1-c1ccccc1C2.O=C1Cc2ccccc2C1.[Br-]. The number of hydrogen-bond acceptors (Lipinski definition) is 4. The van der Waals surface area contributed by atoms with Crippen LogP contribution in [0.25, 0.3) is 27.8 Å². The van der Waals surface area contributed by atoms with Gasteiger partial charge in [0.15, 0.2) is 18.4 Å². The second-order valence-electron chi connectivity index (χ2n) is 23.2. The van der Waals surface area contributed by atoms with Gasteiger partial charge in [-0.05, 0) is 143 Å². The number of benzene rings is 7. The number of rotatable bonds is 4. The summed E-state index contributed by atoms with van der Waals surface area (Å²) in [6.45, 7) is 13.5. The summed E-state index contributed by atoms with van der Waals surface area (Å²) in [6.07, 6.45) is 12.4. The molecule has 0 amide bonds. The Bertz CT molecular complexity index is 3690. The summed E-state index contributed by atoms with van der Waals surface area (Å²) in [5, 5.41) is 3.66. The number of pyridine rings is 2. The average Bonchev–Trinajstić information content (AvgIpc) is 4.44. The van der Waals surface area contributed by atoms with E-state index in [1.165, 1.54) is 128 Å². The normalized spacial score (nSPS) is 18.7. The molecule has 2 aromatic heterocycles. The Morgan fingerprint density at radius 1 is 0.568 bits per heavy atom. The van der Waals surface area contributed by atoms with Gasteiger partial charge in [0.1, 0.15) is 5.78 Å². The van der Waals surface area contributed by atoms with Crippen molar-refractivity contribution in [1.82, 2.24) is 15.2 Å². The lowest BCUT2D eigenvalue weighted by molar-refractivity contribution is -0.694. The van der Waals surface area contributed by atoms with E-state index in [2.05, 4.69) is 224 Å². The van der Waals surface area contributed by atoms with Crippen LogP contribution >= 0.6 is 0 Å². The molecule has 0 spiro atoms. The van der Waals surface area contributed by atoms with E-state index in [-0.39, 0.29) is 17.0 Å². The van der Waals surface area contributed by atoms with Crippen LogP contribution in [0.1, 0.15) is 111 Å². The number of fused-ring (bicyclic) bond motifs is 13. The fourth-order valence-electron chi connectivity index (χ4n) is 14.0. The van der Waals surface area contributed by atoms with Crippen LogP contribution in [0.5, 0.6) is 0 Å². The second kappa shape index (κ2) is 25.2. The molecule has 81 heavy (non-hydrogen) atoms. The molecule has 7 aromatic carbocycles. The van der Waals surface area contributed by atoms with E-state index < -0.39 is 0 Å². The highest BCUT2D eigenvalue weighted by Crippen LogP contribution is 2.43. The molecule has 1 saturated heterocycles. The predicted molar refractivity (Wildman–Crippen MR) is 328 cm³/mol. The number of aromatic nitrogens is 2. The van der Waals surface area contributed by atoms with E-state index in [1.54, 1.807) is 22.3 Å². The van der Waals surface area contributed by atoms with Gasteiger partial charge >= 0.3 is 0 Å². The molecule has 7 aliphatic rings. The first-order valence-electron chi connectivity index (χ1n) is 29.4. The third kappa shape index (κ3) is 12.0. The lowest BCUT2D eigenvalue weighted by Crippen LogP contribution is -3.00. The minimum Gasteiger partial charge on any atom is -1.00 e. The van der Waals surface area contributed by atoms with Crippen LogP contribution < -0.4 is 26.9 Å². The van der Waals surface area contributed by atoms with Crippen molar-refractivity contribution in [3.05, 3.63) is 290 Å². The van der Waals surface area contributed by atoms with Gasteiger partial charge in [0.2, 0.25) is 0 Å². The molecule has 4 atom stereocenters. The molecule has 5 nitrogen and oxygen atoms in total. The lowest BCUT2D eigenvalue weighted by atomic mass is 9.81. The number of piperidine rings is 1. The lowest BCUT2D eigenvalue weighted by Gasteiger charge is -2.35. The third-order valence-electron chi connectivity index (χ3n) is 18.0. The van der Waals surface area contributed by atoms with Crippen LogP contribution in [-0.2, 0) is 56.4 Å². The van der Waals surface area contributed by atoms with Crippen molar-refractivity contribution in [2.75, 3.05) is 13.1 Å². The molecular weight excluding hydrogens is 1050 g/mol. The zero-order valence-corrected chi connectivity index (χ0v) is 49.1. The number of Topliss-reactive ketones (excluding diaryl/α,β-unsaturated/α-hetero) is 1. The number of nitrogens with one attached hydrogen (secondary N) is 1. The van der Waals surface area contributed by atoms with Crippen LogP contribution in [0.4, 0.5) is 0 Å². The van der Waals surface area contributed by atoms with E-state index in [0.29, 0.717) is 24.7 Å². The molecular formula is C75H75BrN4O. The van der Waals surface area contributed by atoms with Crippen LogP contribution in [0, 0.1) is 19.8 Å². The van der Waals surface area contributed by atoms with Gasteiger partial charge < -0.3 is 22.3 Å². The van der Waals surface area contributed by atoms with Crippen LogP contribution in [0.3, 0.4) is 0 Å². The topological polar surface area (TPSA) is 49.1 Å². The van der Waals surface area contributed by atoms with Crippen molar-refractivity contribution in [2.24, 2.45) is 5.92 Å². The molecule has 0 saturated carbocycles. The zero-order valence-electron chi connectivity index (χ0n) is 47.6. The van der Waals surface area contributed by atoms with Gasteiger partial charge in [-0.3, -0.25) is 14.7 Å². The van der Waals surface area contributed by atoms with Crippen molar-refractivity contribution in [2.45, 2.75) is 110 Å². The van der Waals surface area contributed by atoms with Crippen molar-refractivity contribution in [1.29, 1.82) is 0 Å². The van der Waals surface area contributed by atoms with Gasteiger partial charge in [-0.15, -0.1) is 0 Å². The van der Waals surface area contributed by atoms with Crippen molar-refractivity contribution >= 4 is 11.4 Å². The standard InChI is InChI=1S/C20H21N.C20H18N.C13H17N.C13H11N.C9H8O.BrH/c2*1-15-11-12-21(14-16-7-3-2-4-8-16)19-13-17-9-5-6-10-18(17)20(15)19;2*1-9-6-7-14-12-8-10-4-2-3-5-11(10)13(9)12;10-9-5-7-3-1-2-4-8(7)6-9;/h2-10,19H,11-14H2,1H3;2-12H,13-14H2,1H3;2-5,9,12-14H,6-8H2,1H3;2-7H,8H2,1H3;1-4H,5-6H2;1H/q;+1;;;;/p-1/t;;9-,12-,13?;;;/m..0.../s1. The highest BCUT2D eigenvalue weighted by Gasteiger charge is 2.38. The van der Waals surface area contributed by atoms with Crippen molar-refractivity contribution in [3.63, 3.8) is 0 Å². The van der Waals surface area contributed by atoms with E-state index >= 15 is 0 Å². The number of carbonyl (C=O) groups is 1. The molecule has 6 heteroatoms. The van der Waals surface area contributed by atoms with Crippen LogP contribution in [-0.4, -0.2) is 40.8 Å². The number of carbonyl (C=O) groups excluding carboxylic acids is 1. The molecule has 2 unspecified atom stereocenters. The Kier molecular flexibility index (Phi) is 17.3. The maximum absolute atomic E-state index is 10.9. The summed E-state index contributed by atoms with van der Waals surface area (Å²) < 4.78 is 2.40. The summed E-state index contributed by atoms with van der Waals surface area (Å²) in [7, 11) is 0. The molecule has 5 aliphatic carbocycles. The van der Waals surface area contributed by atoms with E-state index in [9.17, 15) is 4.79 Å². The van der Waals surface area contributed by atoms with Gasteiger partial charge in [0.05, 0.1) is 17.7 Å². The largest absolute Gasteiger partial charge is 1.00 e. The highest BCUT2D eigenvalue weighted by molar-refractivity contribution is 5.88. The fourth-order valence-corrected chi connectivity index (χ4v) is 14.0. The molecule has 16 rings (SSSR count). The third-order valence-corrected chi connectivity index (χ3v) is 18.0. The van der Waals surface area contributed by atoms with Gasteiger partial charge in [-0.25, -0.2) is 0 Å². The fraction of sp³-hybridized carbons (Fsp3) is 0.267. The molecule has 4 heterocycles. The first-order chi connectivity index (χ1) is 39.2.